The van der Waals surface area contributed by atoms with Crippen LogP contribution in [0.1, 0.15) is 6.92 Å². The van der Waals surface area contributed by atoms with Gasteiger partial charge in [-0.25, -0.2) is 15.0 Å². The molecule has 3 aromatic heterocycles. The van der Waals surface area contributed by atoms with Crippen LogP contribution in [0.3, 0.4) is 0 Å². The average molecular weight is 446 g/mol. The largest absolute Gasteiger partial charge is 0.367 e. The SMILES string of the molecule is CC1CN(c2ccccc2-c2cnc(=S)[nH]c2)CCN1C(=O)Cn1cnc2cccnc21. The maximum Gasteiger partial charge on any atom is 0.242 e. The third kappa shape index (κ3) is 3.87. The van der Waals surface area contributed by atoms with Gasteiger partial charge in [0.05, 0.1) is 6.33 Å². The van der Waals surface area contributed by atoms with Crippen LogP contribution in [0, 0.1) is 4.77 Å². The summed E-state index contributed by atoms with van der Waals surface area (Å²) in [6.07, 6.45) is 7.09. The number of anilines is 1. The zero-order valence-corrected chi connectivity index (χ0v) is 18.5. The fraction of sp³-hybridized carbons (Fsp3) is 0.261. The Kier molecular flexibility index (Phi) is 5.40. The van der Waals surface area contributed by atoms with Crippen LogP contribution in [0.2, 0.25) is 0 Å². The highest BCUT2D eigenvalue weighted by atomic mass is 32.1. The standard InChI is InChI=1S/C23H23N7OS/c1-16-13-28(20-7-3-2-5-18(20)17-11-25-23(32)26-12-17)9-10-30(16)21(31)14-29-15-27-19-6-4-8-24-22(19)29/h2-8,11-12,15-16H,9-10,13-14H2,1H3,(H,25,26,32). The van der Waals surface area contributed by atoms with Gasteiger partial charge in [-0.2, -0.15) is 0 Å². The zero-order chi connectivity index (χ0) is 22.1. The van der Waals surface area contributed by atoms with Gasteiger partial charge in [-0.3, -0.25) is 4.79 Å². The summed E-state index contributed by atoms with van der Waals surface area (Å²) in [5, 5.41) is 0. The van der Waals surface area contributed by atoms with E-state index in [4.69, 9.17) is 12.2 Å². The van der Waals surface area contributed by atoms with Crippen LogP contribution in [0.25, 0.3) is 22.3 Å². The van der Waals surface area contributed by atoms with E-state index in [0.717, 1.165) is 41.1 Å². The topological polar surface area (TPSA) is 82.9 Å². The summed E-state index contributed by atoms with van der Waals surface area (Å²) in [7, 11) is 0. The molecule has 0 bridgehead atoms. The number of H-pyrrole nitrogens is 1. The molecule has 1 aliphatic heterocycles. The van der Waals surface area contributed by atoms with Gasteiger partial charge in [0.15, 0.2) is 10.4 Å². The summed E-state index contributed by atoms with van der Waals surface area (Å²) in [5.74, 6) is 0.0789. The highest BCUT2D eigenvalue weighted by Gasteiger charge is 2.29. The summed E-state index contributed by atoms with van der Waals surface area (Å²) >= 11 is 5.08. The molecule has 1 amide bonds. The molecule has 1 saturated heterocycles. The molecule has 4 heterocycles. The highest BCUT2D eigenvalue weighted by molar-refractivity contribution is 7.71. The molecule has 1 aliphatic rings. The minimum atomic E-state index is 0.0757. The van der Waals surface area contributed by atoms with Crippen LogP contribution in [0.4, 0.5) is 5.69 Å². The molecule has 5 rings (SSSR count). The van der Waals surface area contributed by atoms with E-state index in [9.17, 15) is 4.79 Å². The summed E-state index contributed by atoms with van der Waals surface area (Å²) in [5.41, 5.74) is 4.74. The quantitative estimate of drug-likeness (QED) is 0.486. The maximum atomic E-state index is 13.1. The molecule has 4 aromatic rings. The van der Waals surface area contributed by atoms with Gasteiger partial charge in [-0.1, -0.05) is 18.2 Å². The Morgan fingerprint density at radius 2 is 2.03 bits per heavy atom. The van der Waals surface area contributed by atoms with E-state index in [-0.39, 0.29) is 18.5 Å². The van der Waals surface area contributed by atoms with Crippen molar-refractivity contribution in [3.63, 3.8) is 0 Å². The first kappa shape index (κ1) is 20.3. The molecule has 1 N–H and O–H groups in total. The summed E-state index contributed by atoms with van der Waals surface area (Å²) < 4.78 is 2.28. The van der Waals surface area contributed by atoms with Crippen molar-refractivity contribution in [2.75, 3.05) is 24.5 Å². The van der Waals surface area contributed by atoms with E-state index in [1.807, 2.05) is 39.9 Å². The number of hydrogen-bond acceptors (Lipinski definition) is 6. The van der Waals surface area contributed by atoms with Crippen molar-refractivity contribution in [2.24, 2.45) is 0 Å². The molecule has 9 heteroatoms. The molecule has 0 spiro atoms. The van der Waals surface area contributed by atoms with E-state index < -0.39 is 0 Å². The van der Waals surface area contributed by atoms with E-state index in [1.54, 1.807) is 18.7 Å². The lowest BCUT2D eigenvalue weighted by atomic mass is 10.0. The van der Waals surface area contributed by atoms with Crippen molar-refractivity contribution < 1.29 is 4.79 Å². The summed E-state index contributed by atoms with van der Waals surface area (Å²) in [4.78, 5) is 33.3. The number of amides is 1. The van der Waals surface area contributed by atoms with Gasteiger partial charge in [0.1, 0.15) is 12.1 Å². The number of carbonyl (C=O) groups excluding carboxylic acids is 1. The predicted molar refractivity (Wildman–Crippen MR) is 126 cm³/mol. The predicted octanol–water partition coefficient (Wildman–Crippen LogP) is 3.29. The van der Waals surface area contributed by atoms with Gasteiger partial charge in [0, 0.05) is 61.1 Å². The molecular formula is C23H23N7OS. The van der Waals surface area contributed by atoms with E-state index >= 15 is 0 Å². The third-order valence-corrected chi connectivity index (χ3v) is 6.08. The lowest BCUT2D eigenvalue weighted by Gasteiger charge is -2.41. The minimum Gasteiger partial charge on any atom is -0.367 e. The fourth-order valence-electron chi connectivity index (χ4n) is 4.28. The highest BCUT2D eigenvalue weighted by Crippen LogP contribution is 2.31. The molecule has 0 radical (unpaired) electrons. The molecule has 162 valence electrons. The molecule has 1 aromatic carbocycles. The van der Waals surface area contributed by atoms with Gasteiger partial charge in [0.2, 0.25) is 5.91 Å². The first-order chi connectivity index (χ1) is 15.6. The number of nitrogens with zero attached hydrogens (tertiary/aromatic N) is 6. The number of benzene rings is 1. The Labute approximate surface area is 190 Å². The number of para-hydroxylation sites is 1. The summed E-state index contributed by atoms with van der Waals surface area (Å²) in [6, 6.07) is 12.1. The fourth-order valence-corrected chi connectivity index (χ4v) is 4.39. The van der Waals surface area contributed by atoms with E-state index in [1.165, 1.54) is 0 Å². The van der Waals surface area contributed by atoms with Crippen LogP contribution in [0.15, 0.2) is 61.3 Å². The van der Waals surface area contributed by atoms with Crippen molar-refractivity contribution >= 4 is 35.0 Å². The number of imidazole rings is 1. The second-order valence-corrected chi connectivity index (χ2v) is 8.31. The maximum absolute atomic E-state index is 13.1. The zero-order valence-electron chi connectivity index (χ0n) is 17.7. The van der Waals surface area contributed by atoms with Crippen LogP contribution in [-0.4, -0.2) is 61.0 Å². The average Bonchev–Trinajstić information content (AvgIpc) is 3.22. The third-order valence-electron chi connectivity index (χ3n) is 5.86. The van der Waals surface area contributed by atoms with Crippen LogP contribution in [-0.2, 0) is 11.3 Å². The molecule has 1 atom stereocenters. The lowest BCUT2D eigenvalue weighted by Crippen LogP contribution is -2.54. The number of aromatic amines is 1. The Balaban J connectivity index is 1.32. The number of carbonyl (C=O) groups is 1. The number of pyridine rings is 1. The number of piperazine rings is 1. The first-order valence-corrected chi connectivity index (χ1v) is 11.0. The number of rotatable bonds is 4. The van der Waals surface area contributed by atoms with Crippen molar-refractivity contribution in [1.82, 2.24) is 29.4 Å². The molecule has 1 fully saturated rings. The van der Waals surface area contributed by atoms with Crippen molar-refractivity contribution in [1.29, 1.82) is 0 Å². The van der Waals surface area contributed by atoms with Gasteiger partial charge in [-0.05, 0) is 37.3 Å². The van der Waals surface area contributed by atoms with Crippen molar-refractivity contribution in [3.05, 3.63) is 66.1 Å². The molecule has 0 aliphatic carbocycles. The number of nitrogens with one attached hydrogen (secondary N) is 1. The smallest absolute Gasteiger partial charge is 0.242 e. The second kappa shape index (κ2) is 8.51. The van der Waals surface area contributed by atoms with Crippen LogP contribution < -0.4 is 4.90 Å². The van der Waals surface area contributed by atoms with Gasteiger partial charge in [0.25, 0.3) is 0 Å². The monoisotopic (exact) mass is 445 g/mol. The first-order valence-electron chi connectivity index (χ1n) is 10.5. The molecule has 0 saturated carbocycles. The number of fused-ring (bicyclic) bond motifs is 1. The summed E-state index contributed by atoms with van der Waals surface area (Å²) in [6.45, 7) is 4.50. The second-order valence-electron chi connectivity index (χ2n) is 7.93. The van der Waals surface area contributed by atoms with E-state index in [0.29, 0.717) is 11.3 Å². The van der Waals surface area contributed by atoms with Crippen LogP contribution in [0.5, 0.6) is 0 Å². The van der Waals surface area contributed by atoms with Gasteiger partial charge >= 0.3 is 0 Å². The molecular weight excluding hydrogens is 422 g/mol. The Morgan fingerprint density at radius 1 is 1.16 bits per heavy atom. The van der Waals surface area contributed by atoms with Gasteiger partial charge < -0.3 is 19.4 Å². The Hall–Kier alpha value is -3.59. The van der Waals surface area contributed by atoms with Crippen molar-refractivity contribution in [2.45, 2.75) is 19.5 Å². The normalized spacial score (nSPS) is 16.5. The minimum absolute atomic E-state index is 0.0757. The molecule has 1 unspecified atom stereocenters. The lowest BCUT2D eigenvalue weighted by molar-refractivity contribution is -0.134. The Bertz CT molecular complexity index is 1310. The van der Waals surface area contributed by atoms with Crippen molar-refractivity contribution in [3.8, 4) is 11.1 Å². The number of hydrogen-bond donors (Lipinski definition) is 1. The van der Waals surface area contributed by atoms with Gasteiger partial charge in [-0.15, -0.1) is 0 Å². The Morgan fingerprint density at radius 3 is 2.84 bits per heavy atom. The van der Waals surface area contributed by atoms with Crippen LogP contribution >= 0.6 is 12.2 Å². The molecule has 32 heavy (non-hydrogen) atoms. The van der Waals surface area contributed by atoms with E-state index in [2.05, 4.69) is 43.9 Å². The molecule has 8 nitrogen and oxygen atoms in total. The number of aromatic nitrogens is 5.